The molecule has 0 saturated heterocycles. The first-order chi connectivity index (χ1) is 9.70. The van der Waals surface area contributed by atoms with Crippen molar-refractivity contribution in [3.05, 3.63) is 34.1 Å². The minimum atomic E-state index is -4.37. The number of amides is 1. The quantitative estimate of drug-likeness (QED) is 0.606. The number of nitrogens with one attached hydrogen (secondary N) is 1. The molecule has 1 aromatic rings. The predicted octanol–water partition coefficient (Wildman–Crippen LogP) is 0.491. The molecule has 0 fully saturated rings. The van der Waals surface area contributed by atoms with Crippen LogP contribution in [0.15, 0.2) is 23.1 Å². The highest BCUT2D eigenvalue weighted by Gasteiger charge is 2.29. The van der Waals surface area contributed by atoms with Crippen LogP contribution in [0.3, 0.4) is 0 Å². The second kappa shape index (κ2) is 6.59. The molecule has 0 aliphatic carbocycles. The topological polar surface area (TPSA) is 110 Å². The summed E-state index contributed by atoms with van der Waals surface area (Å²) in [5.41, 5.74) is -1.15. The van der Waals surface area contributed by atoms with E-state index in [1.165, 1.54) is 11.9 Å². The van der Waals surface area contributed by atoms with Gasteiger partial charge in [0.05, 0.1) is 11.5 Å². The maximum absolute atomic E-state index is 13.4. The minimum absolute atomic E-state index is 0.376. The zero-order chi connectivity index (χ0) is 16.2. The number of hydrogen-bond acceptors (Lipinski definition) is 5. The Kier molecular flexibility index (Phi) is 5.33. The molecule has 0 aliphatic heterocycles. The van der Waals surface area contributed by atoms with Crippen LogP contribution in [0.1, 0.15) is 6.92 Å². The lowest BCUT2D eigenvalue weighted by Crippen LogP contribution is -2.38. The lowest BCUT2D eigenvalue weighted by Gasteiger charge is -2.14. The molecule has 116 valence electrons. The number of sulfonamides is 1. The Morgan fingerprint density at radius 3 is 2.62 bits per heavy atom. The molecule has 1 amide bonds. The zero-order valence-corrected chi connectivity index (χ0v) is 12.2. The van der Waals surface area contributed by atoms with E-state index in [0.717, 1.165) is 18.2 Å². The van der Waals surface area contributed by atoms with Gasteiger partial charge in [0.2, 0.25) is 21.7 Å². The summed E-state index contributed by atoms with van der Waals surface area (Å²) in [5, 5.41) is 10.8. The van der Waals surface area contributed by atoms with Crippen molar-refractivity contribution in [1.82, 2.24) is 9.62 Å². The molecule has 0 bridgehead atoms. The van der Waals surface area contributed by atoms with Crippen LogP contribution in [-0.2, 0) is 14.8 Å². The highest BCUT2D eigenvalue weighted by Crippen LogP contribution is 2.26. The highest BCUT2D eigenvalue weighted by molar-refractivity contribution is 7.89. The average molecular weight is 319 g/mol. The molecule has 21 heavy (non-hydrogen) atoms. The van der Waals surface area contributed by atoms with E-state index in [1.54, 1.807) is 6.92 Å². The summed E-state index contributed by atoms with van der Waals surface area (Å²) in [6.45, 7) is 1.50. The summed E-state index contributed by atoms with van der Waals surface area (Å²) in [6.07, 6.45) is 0. The second-order valence-corrected chi connectivity index (χ2v) is 5.81. The third kappa shape index (κ3) is 3.95. The number of carbonyl (C=O) groups is 1. The van der Waals surface area contributed by atoms with E-state index in [2.05, 4.69) is 0 Å². The van der Waals surface area contributed by atoms with Gasteiger partial charge in [-0.05, 0) is 19.1 Å². The van der Waals surface area contributed by atoms with Crippen molar-refractivity contribution in [2.75, 3.05) is 20.1 Å². The molecule has 0 heterocycles. The monoisotopic (exact) mass is 319 g/mol. The second-order valence-electron chi connectivity index (χ2n) is 4.08. The highest BCUT2D eigenvalue weighted by atomic mass is 32.2. The van der Waals surface area contributed by atoms with Crippen molar-refractivity contribution in [2.24, 2.45) is 0 Å². The van der Waals surface area contributed by atoms with E-state index in [4.69, 9.17) is 0 Å². The number of rotatable bonds is 6. The van der Waals surface area contributed by atoms with Crippen LogP contribution in [0.4, 0.5) is 10.1 Å². The standard InChI is InChI=1S/C11H14FN3O5S/c1-3-14(2)10(16)7-13-21(19,20)9-6-4-5-8(12)11(9)15(17)18/h4-6,13H,3,7H2,1-2H3. The van der Waals surface area contributed by atoms with Crippen molar-refractivity contribution >= 4 is 21.6 Å². The summed E-state index contributed by atoms with van der Waals surface area (Å²) in [5.74, 6) is -1.78. The molecule has 0 spiro atoms. The van der Waals surface area contributed by atoms with E-state index in [9.17, 15) is 27.7 Å². The number of hydrogen-bond donors (Lipinski definition) is 1. The van der Waals surface area contributed by atoms with Gasteiger partial charge in [-0.3, -0.25) is 14.9 Å². The summed E-state index contributed by atoms with van der Waals surface area (Å²) in [4.78, 5) is 21.6. The number of para-hydroxylation sites is 1. The van der Waals surface area contributed by atoms with E-state index >= 15 is 0 Å². The first-order valence-electron chi connectivity index (χ1n) is 5.87. The van der Waals surface area contributed by atoms with Gasteiger partial charge in [0.15, 0.2) is 4.90 Å². The SMILES string of the molecule is CCN(C)C(=O)CNS(=O)(=O)c1cccc(F)c1[N+](=O)[O-]. The molecule has 1 rings (SSSR count). The fraction of sp³-hybridized carbons (Fsp3) is 0.364. The van der Waals surface area contributed by atoms with Crippen LogP contribution in [0.5, 0.6) is 0 Å². The normalized spacial score (nSPS) is 11.2. The molecule has 0 aromatic heterocycles. The molecule has 0 atom stereocenters. The molecule has 0 saturated carbocycles. The largest absolute Gasteiger partial charge is 0.345 e. The number of nitro groups is 1. The van der Waals surface area contributed by atoms with E-state index < -0.39 is 43.8 Å². The molecule has 1 N–H and O–H groups in total. The maximum atomic E-state index is 13.4. The van der Waals surface area contributed by atoms with Gasteiger partial charge in [0.1, 0.15) is 0 Å². The molecule has 0 aliphatic rings. The van der Waals surface area contributed by atoms with Crippen LogP contribution in [0, 0.1) is 15.9 Å². The number of nitro benzene ring substituents is 1. The Morgan fingerprint density at radius 2 is 2.10 bits per heavy atom. The number of nitrogens with zero attached hydrogens (tertiary/aromatic N) is 2. The fourth-order valence-electron chi connectivity index (χ4n) is 1.44. The Morgan fingerprint density at radius 1 is 1.48 bits per heavy atom. The number of carbonyl (C=O) groups excluding carboxylic acids is 1. The zero-order valence-electron chi connectivity index (χ0n) is 11.4. The van der Waals surface area contributed by atoms with Crippen LogP contribution < -0.4 is 4.72 Å². The van der Waals surface area contributed by atoms with Gasteiger partial charge in [0, 0.05) is 13.6 Å². The first-order valence-corrected chi connectivity index (χ1v) is 7.35. The average Bonchev–Trinajstić information content (AvgIpc) is 2.43. The number of benzene rings is 1. The van der Waals surface area contributed by atoms with Crippen molar-refractivity contribution in [3.8, 4) is 0 Å². The van der Waals surface area contributed by atoms with Crippen LogP contribution >= 0.6 is 0 Å². The summed E-state index contributed by atoms with van der Waals surface area (Å²) in [7, 11) is -2.90. The third-order valence-corrected chi connectivity index (χ3v) is 4.17. The van der Waals surface area contributed by atoms with Crippen LogP contribution in [-0.4, -0.2) is 44.3 Å². The minimum Gasteiger partial charge on any atom is -0.345 e. The fourth-order valence-corrected chi connectivity index (χ4v) is 2.59. The molecule has 8 nitrogen and oxygen atoms in total. The van der Waals surface area contributed by atoms with Gasteiger partial charge in [-0.15, -0.1) is 0 Å². The Labute approximate surface area is 120 Å². The van der Waals surface area contributed by atoms with Crippen LogP contribution in [0.25, 0.3) is 0 Å². The lowest BCUT2D eigenvalue weighted by atomic mass is 10.3. The summed E-state index contributed by atoms with van der Waals surface area (Å²) in [6, 6.07) is 2.72. The molecule has 0 radical (unpaired) electrons. The summed E-state index contributed by atoms with van der Waals surface area (Å²) >= 11 is 0. The van der Waals surface area contributed by atoms with Crippen molar-refractivity contribution in [2.45, 2.75) is 11.8 Å². The first kappa shape index (κ1) is 17.0. The third-order valence-electron chi connectivity index (χ3n) is 2.74. The molecular formula is C11H14FN3O5S. The molecular weight excluding hydrogens is 305 g/mol. The smallest absolute Gasteiger partial charge is 0.324 e. The maximum Gasteiger partial charge on any atom is 0.324 e. The Hall–Kier alpha value is -2.07. The van der Waals surface area contributed by atoms with Crippen molar-refractivity contribution < 1.29 is 22.5 Å². The van der Waals surface area contributed by atoms with Crippen LogP contribution in [0.2, 0.25) is 0 Å². The van der Waals surface area contributed by atoms with E-state index in [1.807, 2.05) is 4.72 Å². The van der Waals surface area contributed by atoms with Gasteiger partial charge in [-0.25, -0.2) is 13.1 Å². The molecule has 10 heteroatoms. The van der Waals surface area contributed by atoms with Crippen molar-refractivity contribution in [1.29, 1.82) is 0 Å². The molecule has 0 unspecified atom stereocenters. The van der Waals surface area contributed by atoms with E-state index in [-0.39, 0.29) is 0 Å². The number of halogens is 1. The van der Waals surface area contributed by atoms with Gasteiger partial charge < -0.3 is 4.90 Å². The predicted molar refractivity (Wildman–Crippen MR) is 71.6 cm³/mol. The Bertz CT molecular complexity index is 662. The number of likely N-dealkylation sites (N-methyl/N-ethyl adjacent to an activating group) is 1. The van der Waals surface area contributed by atoms with Gasteiger partial charge in [0.25, 0.3) is 0 Å². The molecule has 1 aromatic carbocycles. The van der Waals surface area contributed by atoms with Gasteiger partial charge in [-0.1, -0.05) is 6.07 Å². The van der Waals surface area contributed by atoms with Gasteiger partial charge >= 0.3 is 5.69 Å². The van der Waals surface area contributed by atoms with Gasteiger partial charge in [-0.2, -0.15) is 4.39 Å². The van der Waals surface area contributed by atoms with Crippen molar-refractivity contribution in [3.63, 3.8) is 0 Å². The summed E-state index contributed by atoms with van der Waals surface area (Å²) < 4.78 is 39.3. The van der Waals surface area contributed by atoms with E-state index in [0.29, 0.717) is 6.54 Å². The Balaban J connectivity index is 3.07. The lowest BCUT2D eigenvalue weighted by molar-refractivity contribution is -0.390.